The summed E-state index contributed by atoms with van der Waals surface area (Å²) in [5, 5.41) is 0. The van der Waals surface area contributed by atoms with Crippen LogP contribution >= 0.6 is 0 Å². The molecule has 100 valence electrons. The molecule has 1 heteroatoms. The van der Waals surface area contributed by atoms with Gasteiger partial charge in [0.2, 0.25) is 0 Å². The molecule has 0 unspecified atom stereocenters. The molecule has 0 aromatic carbocycles. The standard InChI is InChI=1S/C17H27N/c1-18-16-12-8-4-2-6-10-14(16)15-11-7-3-5-9-13-17(15)18/h2-13H2,1H3. The third-order valence-corrected chi connectivity index (χ3v) is 5.05. The van der Waals surface area contributed by atoms with E-state index in [4.69, 9.17) is 0 Å². The van der Waals surface area contributed by atoms with Crippen LogP contribution in [0.2, 0.25) is 0 Å². The normalized spacial score (nSPS) is 21.2. The smallest absolute Gasteiger partial charge is 0.0209 e. The molecule has 18 heavy (non-hydrogen) atoms. The first-order chi connectivity index (χ1) is 8.88. The average Bonchev–Trinajstić information content (AvgIpc) is 2.50. The van der Waals surface area contributed by atoms with Crippen molar-refractivity contribution < 1.29 is 0 Å². The predicted molar refractivity (Wildman–Crippen MR) is 77.2 cm³/mol. The molecular formula is C17H27N. The number of rotatable bonds is 0. The van der Waals surface area contributed by atoms with Gasteiger partial charge in [0, 0.05) is 18.4 Å². The summed E-state index contributed by atoms with van der Waals surface area (Å²) in [4.78, 5) is 0. The monoisotopic (exact) mass is 245 g/mol. The zero-order chi connectivity index (χ0) is 12.4. The summed E-state index contributed by atoms with van der Waals surface area (Å²) < 4.78 is 2.58. The highest BCUT2D eigenvalue weighted by molar-refractivity contribution is 5.40. The van der Waals surface area contributed by atoms with E-state index in [2.05, 4.69) is 11.6 Å². The number of hydrogen-bond acceptors (Lipinski definition) is 0. The van der Waals surface area contributed by atoms with E-state index in [0.717, 1.165) is 0 Å². The highest BCUT2D eigenvalue weighted by Crippen LogP contribution is 2.31. The van der Waals surface area contributed by atoms with Gasteiger partial charge in [0.1, 0.15) is 0 Å². The Labute approximate surface area is 112 Å². The molecule has 2 aliphatic rings. The van der Waals surface area contributed by atoms with Crippen LogP contribution in [0.3, 0.4) is 0 Å². The van der Waals surface area contributed by atoms with Crippen LogP contribution in [0.15, 0.2) is 0 Å². The molecule has 3 rings (SSSR count). The molecule has 0 saturated carbocycles. The van der Waals surface area contributed by atoms with Gasteiger partial charge >= 0.3 is 0 Å². The van der Waals surface area contributed by atoms with Crippen LogP contribution in [0.5, 0.6) is 0 Å². The van der Waals surface area contributed by atoms with Gasteiger partial charge in [-0.15, -0.1) is 0 Å². The second-order valence-electron chi connectivity index (χ2n) is 6.24. The fraction of sp³-hybridized carbons (Fsp3) is 0.765. The number of hydrogen-bond donors (Lipinski definition) is 0. The minimum Gasteiger partial charge on any atom is -0.351 e. The Balaban J connectivity index is 2.02. The van der Waals surface area contributed by atoms with Crippen molar-refractivity contribution in [3.63, 3.8) is 0 Å². The molecule has 0 spiro atoms. The Morgan fingerprint density at radius 3 is 1.39 bits per heavy atom. The SMILES string of the molecule is Cn1c2c(c3c1CCCCCC3)CCCCCC2. The first-order valence-corrected chi connectivity index (χ1v) is 8.06. The summed E-state index contributed by atoms with van der Waals surface area (Å²) in [6.07, 6.45) is 16.8. The Morgan fingerprint density at radius 1 is 0.556 bits per heavy atom. The van der Waals surface area contributed by atoms with Crippen molar-refractivity contribution in [1.82, 2.24) is 4.57 Å². The fourth-order valence-electron chi connectivity index (χ4n) is 4.04. The summed E-state index contributed by atoms with van der Waals surface area (Å²) >= 11 is 0. The first-order valence-electron chi connectivity index (χ1n) is 8.06. The van der Waals surface area contributed by atoms with Crippen LogP contribution in [0.25, 0.3) is 0 Å². The molecule has 0 N–H and O–H groups in total. The van der Waals surface area contributed by atoms with Gasteiger partial charge in [-0.1, -0.05) is 25.7 Å². The lowest BCUT2D eigenvalue weighted by Crippen LogP contribution is -2.05. The molecule has 0 saturated heterocycles. The number of fused-ring (bicyclic) bond motifs is 3. The Bertz CT molecular complexity index is 376. The van der Waals surface area contributed by atoms with Gasteiger partial charge in [-0.05, 0) is 62.5 Å². The molecule has 0 bridgehead atoms. The van der Waals surface area contributed by atoms with Crippen LogP contribution < -0.4 is 0 Å². The topological polar surface area (TPSA) is 4.93 Å². The lowest BCUT2D eigenvalue weighted by Gasteiger charge is -2.13. The molecule has 0 amide bonds. The van der Waals surface area contributed by atoms with Crippen LogP contribution in [0.4, 0.5) is 0 Å². The van der Waals surface area contributed by atoms with Gasteiger partial charge in [0.05, 0.1) is 0 Å². The minimum atomic E-state index is 1.33. The fourth-order valence-corrected chi connectivity index (χ4v) is 4.04. The number of aromatic nitrogens is 1. The van der Waals surface area contributed by atoms with Crippen molar-refractivity contribution in [3.8, 4) is 0 Å². The molecule has 1 aromatic heterocycles. The van der Waals surface area contributed by atoms with E-state index in [-0.39, 0.29) is 0 Å². The summed E-state index contributed by atoms with van der Waals surface area (Å²) in [6, 6.07) is 0. The molecule has 1 nitrogen and oxygen atoms in total. The first kappa shape index (κ1) is 12.3. The number of nitrogens with zero attached hydrogens (tertiary/aromatic N) is 1. The molecule has 0 fully saturated rings. The van der Waals surface area contributed by atoms with Crippen LogP contribution in [0, 0.1) is 0 Å². The maximum absolute atomic E-state index is 2.58. The van der Waals surface area contributed by atoms with Gasteiger partial charge in [0.25, 0.3) is 0 Å². The van der Waals surface area contributed by atoms with Crippen LogP contribution in [-0.4, -0.2) is 4.57 Å². The highest BCUT2D eigenvalue weighted by atomic mass is 15.0. The Kier molecular flexibility index (Phi) is 3.77. The second kappa shape index (κ2) is 5.50. The van der Waals surface area contributed by atoms with Gasteiger partial charge in [0.15, 0.2) is 0 Å². The maximum atomic E-state index is 2.58. The van der Waals surface area contributed by atoms with E-state index < -0.39 is 0 Å². The van der Waals surface area contributed by atoms with Crippen molar-refractivity contribution in [3.05, 3.63) is 22.5 Å². The molecular weight excluding hydrogens is 218 g/mol. The van der Waals surface area contributed by atoms with Crippen molar-refractivity contribution in [2.24, 2.45) is 7.05 Å². The van der Waals surface area contributed by atoms with Crippen molar-refractivity contribution in [1.29, 1.82) is 0 Å². The van der Waals surface area contributed by atoms with Gasteiger partial charge in [-0.3, -0.25) is 0 Å². The quantitative estimate of drug-likeness (QED) is 0.640. The lowest BCUT2D eigenvalue weighted by atomic mass is 9.91. The predicted octanol–water partition coefficient (Wildman–Crippen LogP) is 4.34. The van der Waals surface area contributed by atoms with Crippen molar-refractivity contribution in [2.45, 2.75) is 77.0 Å². The molecule has 1 aromatic rings. The third kappa shape index (κ3) is 2.24. The van der Waals surface area contributed by atoms with Gasteiger partial charge < -0.3 is 4.57 Å². The van der Waals surface area contributed by atoms with Crippen molar-refractivity contribution in [2.75, 3.05) is 0 Å². The summed E-state index contributed by atoms with van der Waals surface area (Å²) in [7, 11) is 2.33. The summed E-state index contributed by atoms with van der Waals surface area (Å²) in [5.41, 5.74) is 6.94. The van der Waals surface area contributed by atoms with E-state index in [1.54, 1.807) is 22.5 Å². The van der Waals surface area contributed by atoms with Crippen molar-refractivity contribution >= 4 is 0 Å². The Morgan fingerprint density at radius 2 is 0.944 bits per heavy atom. The van der Waals surface area contributed by atoms with E-state index in [0.29, 0.717) is 0 Å². The van der Waals surface area contributed by atoms with Crippen LogP contribution in [0.1, 0.15) is 73.9 Å². The third-order valence-electron chi connectivity index (χ3n) is 5.05. The van der Waals surface area contributed by atoms with Crippen LogP contribution in [-0.2, 0) is 32.7 Å². The molecule has 0 aliphatic heterocycles. The van der Waals surface area contributed by atoms with E-state index in [1.165, 1.54) is 77.0 Å². The van der Waals surface area contributed by atoms with E-state index in [1.807, 2.05) is 0 Å². The molecule has 0 atom stereocenters. The van der Waals surface area contributed by atoms with E-state index >= 15 is 0 Å². The van der Waals surface area contributed by atoms with E-state index in [9.17, 15) is 0 Å². The molecule has 0 radical (unpaired) electrons. The molecule has 1 heterocycles. The zero-order valence-electron chi connectivity index (χ0n) is 11.9. The summed E-state index contributed by atoms with van der Waals surface area (Å²) in [6.45, 7) is 0. The van der Waals surface area contributed by atoms with Gasteiger partial charge in [-0.2, -0.15) is 0 Å². The summed E-state index contributed by atoms with van der Waals surface area (Å²) in [5.74, 6) is 0. The minimum absolute atomic E-state index is 1.33. The maximum Gasteiger partial charge on any atom is 0.0209 e. The highest BCUT2D eigenvalue weighted by Gasteiger charge is 2.21. The second-order valence-corrected chi connectivity index (χ2v) is 6.24. The Hall–Kier alpha value is -0.720. The largest absolute Gasteiger partial charge is 0.351 e. The lowest BCUT2D eigenvalue weighted by molar-refractivity contribution is 0.592. The average molecular weight is 245 g/mol. The molecule has 2 aliphatic carbocycles. The zero-order valence-corrected chi connectivity index (χ0v) is 11.9. The van der Waals surface area contributed by atoms with Gasteiger partial charge in [-0.25, -0.2) is 0 Å².